The van der Waals surface area contributed by atoms with Crippen LogP contribution in [0.3, 0.4) is 0 Å². The van der Waals surface area contributed by atoms with Gasteiger partial charge in [0.25, 0.3) is 11.8 Å². The molecule has 2 aliphatic heterocycles. The van der Waals surface area contributed by atoms with Crippen molar-refractivity contribution in [3.63, 3.8) is 0 Å². The summed E-state index contributed by atoms with van der Waals surface area (Å²) in [6, 6.07) is 17.8. The summed E-state index contributed by atoms with van der Waals surface area (Å²) in [6.07, 6.45) is 4.47. The van der Waals surface area contributed by atoms with Crippen molar-refractivity contribution in [2.24, 2.45) is 17.8 Å². The molecule has 0 spiro atoms. The first-order valence-electron chi connectivity index (χ1n) is 18.8. The molecule has 8 rings (SSSR count). The van der Waals surface area contributed by atoms with Crippen LogP contribution in [0.2, 0.25) is 0 Å². The lowest BCUT2D eigenvalue weighted by atomic mass is 9.56. The SMILES string of the molecule is COc1ccc(OC)c(C=Cc2ccc(N3C(=O)C4CC=C5C(CC6(Cl)C(=O)N(c7c(F)c(F)c(F)c(F)c7F)C(=O)C6(Cl)C5c5ccccc5OCCO)C4C3=O)cc2)c1. The van der Waals surface area contributed by atoms with Crippen LogP contribution in [0, 0.1) is 46.8 Å². The molecule has 4 aromatic carbocycles. The Morgan fingerprint density at radius 1 is 0.770 bits per heavy atom. The van der Waals surface area contributed by atoms with E-state index in [9.17, 15) is 37.5 Å². The lowest BCUT2D eigenvalue weighted by Crippen LogP contribution is -2.60. The molecule has 0 radical (unpaired) electrons. The summed E-state index contributed by atoms with van der Waals surface area (Å²) in [5.41, 5.74) is 0.135. The largest absolute Gasteiger partial charge is 0.497 e. The molecule has 4 aliphatic rings. The fourth-order valence-corrected chi connectivity index (χ4v) is 9.99. The zero-order valence-electron chi connectivity index (χ0n) is 32.1. The van der Waals surface area contributed by atoms with Crippen molar-refractivity contribution < 1.29 is 60.4 Å². The third-order valence-corrected chi connectivity index (χ3v) is 13.3. The summed E-state index contributed by atoms with van der Waals surface area (Å²) in [4.78, 5) is 53.3. The van der Waals surface area contributed by atoms with Crippen LogP contribution in [0.5, 0.6) is 17.2 Å². The molecule has 316 valence electrons. The molecule has 6 unspecified atom stereocenters. The Hall–Kier alpha value is -5.77. The van der Waals surface area contributed by atoms with Gasteiger partial charge in [-0.3, -0.25) is 24.1 Å². The number of carbonyl (C=O) groups is 4. The van der Waals surface area contributed by atoms with Crippen molar-refractivity contribution in [2.75, 3.05) is 37.2 Å². The highest BCUT2D eigenvalue weighted by Crippen LogP contribution is 2.67. The van der Waals surface area contributed by atoms with Crippen LogP contribution in [0.1, 0.15) is 35.4 Å². The average Bonchev–Trinajstić information content (AvgIpc) is 3.61. The van der Waals surface area contributed by atoms with Crippen LogP contribution in [-0.2, 0) is 19.2 Å². The summed E-state index contributed by atoms with van der Waals surface area (Å²) in [5, 5.41) is 9.58. The first-order valence-corrected chi connectivity index (χ1v) is 19.6. The number of benzene rings is 4. The van der Waals surface area contributed by atoms with Gasteiger partial charge in [0.2, 0.25) is 17.6 Å². The molecule has 0 bridgehead atoms. The number of aliphatic hydroxyl groups is 1. The van der Waals surface area contributed by atoms with Crippen LogP contribution in [0.4, 0.5) is 33.3 Å². The van der Waals surface area contributed by atoms with E-state index in [1.165, 1.54) is 32.4 Å². The van der Waals surface area contributed by atoms with Gasteiger partial charge >= 0.3 is 0 Å². The van der Waals surface area contributed by atoms with Crippen molar-refractivity contribution in [1.82, 2.24) is 0 Å². The summed E-state index contributed by atoms with van der Waals surface area (Å²) in [7, 11) is 3.08. The number of anilines is 2. The van der Waals surface area contributed by atoms with Gasteiger partial charge in [0, 0.05) is 17.0 Å². The number of alkyl halides is 2. The third-order valence-electron chi connectivity index (χ3n) is 11.8. The van der Waals surface area contributed by atoms with Crippen LogP contribution in [0.15, 0.2) is 78.4 Å². The molecule has 2 saturated heterocycles. The van der Waals surface area contributed by atoms with Gasteiger partial charge in [-0.2, -0.15) is 0 Å². The van der Waals surface area contributed by atoms with E-state index >= 15 is 8.78 Å². The van der Waals surface area contributed by atoms with Gasteiger partial charge in [0.15, 0.2) is 33.0 Å². The molecule has 1 saturated carbocycles. The Morgan fingerprint density at radius 3 is 2.10 bits per heavy atom. The van der Waals surface area contributed by atoms with Gasteiger partial charge in [0.05, 0.1) is 38.3 Å². The molecular weight excluding hydrogens is 850 g/mol. The van der Waals surface area contributed by atoms with Gasteiger partial charge in [-0.25, -0.2) is 26.9 Å². The van der Waals surface area contributed by atoms with E-state index in [4.69, 9.17) is 37.4 Å². The fourth-order valence-electron chi connectivity index (χ4n) is 9.06. The van der Waals surface area contributed by atoms with E-state index in [0.717, 1.165) is 10.5 Å². The van der Waals surface area contributed by atoms with Gasteiger partial charge < -0.3 is 19.3 Å². The molecular formula is C44H33Cl2F5N2O8. The number of amides is 4. The maximum Gasteiger partial charge on any atom is 0.258 e. The third kappa shape index (κ3) is 6.22. The number of rotatable bonds is 10. The fraction of sp³-hybridized carbons (Fsp3) is 0.273. The lowest BCUT2D eigenvalue weighted by Gasteiger charge is -2.50. The highest BCUT2D eigenvalue weighted by molar-refractivity contribution is 6.58. The lowest BCUT2D eigenvalue weighted by molar-refractivity contribution is -0.125. The van der Waals surface area contributed by atoms with Gasteiger partial charge in [-0.15, -0.1) is 23.2 Å². The van der Waals surface area contributed by atoms with Crippen molar-refractivity contribution in [3.8, 4) is 17.2 Å². The minimum absolute atomic E-state index is 0.0358. The highest BCUT2D eigenvalue weighted by atomic mass is 35.5. The average molecular weight is 884 g/mol. The molecule has 6 atom stereocenters. The van der Waals surface area contributed by atoms with Crippen LogP contribution in [0.25, 0.3) is 12.2 Å². The summed E-state index contributed by atoms with van der Waals surface area (Å²) >= 11 is 14.5. The number of allylic oxidation sites excluding steroid dienone is 2. The van der Waals surface area contributed by atoms with Gasteiger partial charge in [0.1, 0.15) is 29.5 Å². The van der Waals surface area contributed by atoms with E-state index < -0.39 is 105 Å². The number of imide groups is 2. The standard InChI is InChI=1S/C44H33Cl2F5N2O8/c1-59-24-13-16-29(60-2)22(19-24)10-7-21-8-11-23(12-9-21)52-39(55)27-15-14-25-28(31(27)40(52)56)20-43(45)41(57)53(38-36(50)34(48)33(47)35(49)37(38)51)42(58)44(43,46)32(25)26-5-3-4-6-30(26)61-18-17-54/h3-14,16,19,27-28,31-32,54H,15,17-18,20H2,1-2H3. The van der Waals surface area contributed by atoms with E-state index in [2.05, 4.69) is 0 Å². The van der Waals surface area contributed by atoms with Crippen LogP contribution < -0.4 is 24.0 Å². The summed E-state index contributed by atoms with van der Waals surface area (Å²) in [6.45, 7) is -0.709. The topological polar surface area (TPSA) is 123 Å². The molecule has 17 heteroatoms. The second kappa shape index (κ2) is 15.6. The van der Waals surface area contributed by atoms with Crippen molar-refractivity contribution in [1.29, 1.82) is 0 Å². The molecule has 61 heavy (non-hydrogen) atoms. The monoisotopic (exact) mass is 882 g/mol. The number of fused-ring (bicyclic) bond motifs is 4. The summed E-state index contributed by atoms with van der Waals surface area (Å²) in [5.74, 6) is -20.4. The number of hydrogen-bond acceptors (Lipinski definition) is 8. The number of ether oxygens (including phenoxy) is 3. The molecule has 4 amide bonds. The summed E-state index contributed by atoms with van der Waals surface area (Å²) < 4.78 is 90.8. The molecule has 0 aromatic heterocycles. The minimum atomic E-state index is -2.73. The highest BCUT2D eigenvalue weighted by Gasteiger charge is 2.77. The second-order valence-corrected chi connectivity index (χ2v) is 16.1. The quantitative estimate of drug-likeness (QED) is 0.0327. The zero-order valence-corrected chi connectivity index (χ0v) is 33.6. The smallest absolute Gasteiger partial charge is 0.258 e. The number of carbonyl (C=O) groups excluding carboxylic acids is 4. The predicted molar refractivity (Wildman–Crippen MR) is 213 cm³/mol. The first kappa shape index (κ1) is 41.9. The van der Waals surface area contributed by atoms with E-state index in [-0.39, 0.29) is 40.5 Å². The molecule has 2 heterocycles. The number of methoxy groups -OCH3 is 2. The number of halogens is 7. The molecule has 10 nitrogen and oxygen atoms in total. The maximum atomic E-state index is 15.4. The van der Waals surface area contributed by atoms with Crippen LogP contribution >= 0.6 is 23.2 Å². The molecule has 3 fully saturated rings. The number of aliphatic hydroxyl groups excluding tert-OH is 1. The van der Waals surface area contributed by atoms with Gasteiger partial charge in [-0.05, 0) is 60.7 Å². The Morgan fingerprint density at radius 2 is 1.44 bits per heavy atom. The zero-order chi connectivity index (χ0) is 43.7. The molecule has 1 N–H and O–H groups in total. The number of hydrogen-bond donors (Lipinski definition) is 1. The van der Waals surface area contributed by atoms with Crippen LogP contribution in [-0.4, -0.2) is 65.9 Å². The first-order chi connectivity index (χ1) is 29.1. The van der Waals surface area contributed by atoms with Gasteiger partial charge in [-0.1, -0.05) is 54.1 Å². The van der Waals surface area contributed by atoms with Crippen molar-refractivity contribution in [3.05, 3.63) is 124 Å². The molecule has 2 aliphatic carbocycles. The number of para-hydroxylation sites is 1. The Kier molecular flexibility index (Phi) is 10.7. The Balaban J connectivity index is 1.20. The second-order valence-electron chi connectivity index (χ2n) is 14.8. The predicted octanol–water partition coefficient (Wildman–Crippen LogP) is 7.71. The minimum Gasteiger partial charge on any atom is -0.497 e. The normalized spacial score (nSPS) is 25.8. The van der Waals surface area contributed by atoms with E-state index in [0.29, 0.717) is 17.1 Å². The van der Waals surface area contributed by atoms with Crippen molar-refractivity contribution >= 4 is 70.4 Å². The molecule has 4 aromatic rings. The van der Waals surface area contributed by atoms with Crippen molar-refractivity contribution in [2.45, 2.75) is 28.5 Å². The Labute approximate surface area is 354 Å². The maximum absolute atomic E-state index is 15.4. The van der Waals surface area contributed by atoms with E-state index in [1.807, 2.05) is 0 Å². The van der Waals surface area contributed by atoms with E-state index in [1.54, 1.807) is 66.8 Å². The number of nitrogens with zero attached hydrogens (tertiary/aromatic N) is 2. The Bertz CT molecular complexity index is 2560.